The van der Waals surface area contributed by atoms with Crippen molar-refractivity contribution in [1.82, 2.24) is 10.2 Å². The first kappa shape index (κ1) is 20.5. The van der Waals surface area contributed by atoms with Crippen molar-refractivity contribution in [3.8, 4) is 5.75 Å². The second kappa shape index (κ2) is 9.21. The highest BCUT2D eigenvalue weighted by atomic mass is 16.5. The van der Waals surface area contributed by atoms with Crippen molar-refractivity contribution in [3.05, 3.63) is 64.7 Å². The van der Waals surface area contributed by atoms with Crippen LogP contribution in [0.2, 0.25) is 0 Å². The molecule has 0 aliphatic rings. The number of carbonyl (C=O) groups excluding carboxylic acids is 2. The molecular formula is C22H28N2O3. The molecule has 2 aromatic carbocycles. The van der Waals surface area contributed by atoms with Crippen molar-refractivity contribution in [2.24, 2.45) is 0 Å². The maximum absolute atomic E-state index is 13.1. The van der Waals surface area contributed by atoms with Gasteiger partial charge in [-0.1, -0.05) is 35.9 Å². The number of likely N-dealkylation sites (N-methyl/N-ethyl adjacent to an activating group) is 1. The summed E-state index contributed by atoms with van der Waals surface area (Å²) >= 11 is 0. The predicted octanol–water partition coefficient (Wildman–Crippen LogP) is 3.02. The van der Waals surface area contributed by atoms with Gasteiger partial charge in [-0.2, -0.15) is 0 Å². The van der Waals surface area contributed by atoms with E-state index in [9.17, 15) is 9.59 Å². The third-order valence-corrected chi connectivity index (χ3v) is 4.77. The van der Waals surface area contributed by atoms with Crippen molar-refractivity contribution in [2.75, 3.05) is 14.2 Å². The molecule has 0 saturated carbocycles. The van der Waals surface area contributed by atoms with Crippen LogP contribution in [-0.2, 0) is 22.6 Å². The summed E-state index contributed by atoms with van der Waals surface area (Å²) in [7, 11) is 3.20. The molecule has 1 atom stereocenters. The SMILES string of the molecule is CNC(=O)[C@@H](C)N(Cc1ccc(OC)cc1)C(=O)Cc1cc(C)ccc1C. The number of nitrogens with one attached hydrogen (secondary N) is 1. The molecule has 2 aromatic rings. The molecule has 5 nitrogen and oxygen atoms in total. The van der Waals surface area contributed by atoms with Gasteiger partial charge < -0.3 is 15.0 Å². The van der Waals surface area contributed by atoms with Gasteiger partial charge >= 0.3 is 0 Å². The number of rotatable bonds is 7. The van der Waals surface area contributed by atoms with E-state index in [-0.39, 0.29) is 18.2 Å². The molecule has 0 unspecified atom stereocenters. The van der Waals surface area contributed by atoms with E-state index in [1.54, 1.807) is 26.0 Å². The number of methoxy groups -OCH3 is 1. The van der Waals surface area contributed by atoms with Crippen LogP contribution < -0.4 is 10.1 Å². The summed E-state index contributed by atoms with van der Waals surface area (Å²) in [5, 5.41) is 2.64. The molecule has 0 aromatic heterocycles. The maximum atomic E-state index is 13.1. The summed E-state index contributed by atoms with van der Waals surface area (Å²) < 4.78 is 5.18. The third-order valence-electron chi connectivity index (χ3n) is 4.77. The fourth-order valence-electron chi connectivity index (χ4n) is 2.97. The van der Waals surface area contributed by atoms with E-state index in [0.29, 0.717) is 6.54 Å². The van der Waals surface area contributed by atoms with E-state index in [1.807, 2.05) is 56.3 Å². The number of benzene rings is 2. The van der Waals surface area contributed by atoms with Gasteiger partial charge in [-0.25, -0.2) is 0 Å². The van der Waals surface area contributed by atoms with Crippen LogP contribution in [0.25, 0.3) is 0 Å². The molecule has 0 aliphatic carbocycles. The summed E-state index contributed by atoms with van der Waals surface area (Å²) in [4.78, 5) is 26.9. The highest BCUT2D eigenvalue weighted by Crippen LogP contribution is 2.17. The highest BCUT2D eigenvalue weighted by molar-refractivity contribution is 5.88. The van der Waals surface area contributed by atoms with Crippen molar-refractivity contribution < 1.29 is 14.3 Å². The minimum atomic E-state index is -0.560. The second-order valence-electron chi connectivity index (χ2n) is 6.77. The highest BCUT2D eigenvalue weighted by Gasteiger charge is 2.25. The fourth-order valence-corrected chi connectivity index (χ4v) is 2.97. The van der Waals surface area contributed by atoms with Crippen molar-refractivity contribution in [2.45, 2.75) is 39.8 Å². The topological polar surface area (TPSA) is 58.6 Å². The normalized spacial score (nSPS) is 11.6. The van der Waals surface area contributed by atoms with Crippen LogP contribution >= 0.6 is 0 Å². The second-order valence-corrected chi connectivity index (χ2v) is 6.77. The van der Waals surface area contributed by atoms with Gasteiger partial charge in [0.2, 0.25) is 11.8 Å². The Balaban J connectivity index is 2.26. The minimum Gasteiger partial charge on any atom is -0.497 e. The molecule has 0 radical (unpaired) electrons. The lowest BCUT2D eigenvalue weighted by Gasteiger charge is -2.28. The summed E-state index contributed by atoms with van der Waals surface area (Å²) in [6.45, 7) is 6.12. The Kier molecular flexibility index (Phi) is 6.99. The number of aryl methyl sites for hydroxylation is 2. The lowest BCUT2D eigenvalue weighted by molar-refractivity contribution is -0.139. The largest absolute Gasteiger partial charge is 0.497 e. The number of hydrogen-bond donors (Lipinski definition) is 1. The van der Waals surface area contributed by atoms with Crippen LogP contribution in [0.4, 0.5) is 0 Å². The Hall–Kier alpha value is -2.82. The summed E-state index contributed by atoms with van der Waals surface area (Å²) in [6, 6.07) is 13.1. The van der Waals surface area contributed by atoms with E-state index >= 15 is 0 Å². The Bertz CT molecular complexity index is 800. The van der Waals surface area contributed by atoms with Gasteiger partial charge in [-0.15, -0.1) is 0 Å². The van der Waals surface area contributed by atoms with E-state index in [0.717, 1.165) is 28.0 Å². The molecule has 0 heterocycles. The Morgan fingerprint density at radius 1 is 1.11 bits per heavy atom. The van der Waals surface area contributed by atoms with Crippen molar-refractivity contribution >= 4 is 11.8 Å². The summed E-state index contributed by atoms with van der Waals surface area (Å²) in [5.74, 6) is 0.500. The Labute approximate surface area is 161 Å². The van der Waals surface area contributed by atoms with E-state index in [1.165, 1.54) is 0 Å². The monoisotopic (exact) mass is 368 g/mol. The molecule has 27 heavy (non-hydrogen) atoms. The Morgan fingerprint density at radius 3 is 2.37 bits per heavy atom. The molecule has 0 saturated heterocycles. The van der Waals surface area contributed by atoms with Gasteiger partial charge in [0.05, 0.1) is 13.5 Å². The van der Waals surface area contributed by atoms with Gasteiger partial charge in [-0.05, 0) is 49.6 Å². The molecular weight excluding hydrogens is 340 g/mol. The quantitative estimate of drug-likeness (QED) is 0.817. The van der Waals surface area contributed by atoms with Gasteiger partial charge in [0.15, 0.2) is 0 Å². The number of nitrogens with zero attached hydrogens (tertiary/aromatic N) is 1. The van der Waals surface area contributed by atoms with Crippen LogP contribution in [0.3, 0.4) is 0 Å². The summed E-state index contributed by atoms with van der Waals surface area (Å²) in [5.41, 5.74) is 4.13. The third kappa shape index (κ3) is 5.33. The maximum Gasteiger partial charge on any atom is 0.242 e. The molecule has 5 heteroatoms. The first-order valence-corrected chi connectivity index (χ1v) is 9.05. The van der Waals surface area contributed by atoms with E-state index < -0.39 is 6.04 Å². The lowest BCUT2D eigenvalue weighted by atomic mass is 10.0. The average Bonchev–Trinajstić information content (AvgIpc) is 2.68. The van der Waals surface area contributed by atoms with E-state index in [2.05, 4.69) is 5.32 Å². The first-order chi connectivity index (χ1) is 12.8. The van der Waals surface area contributed by atoms with E-state index in [4.69, 9.17) is 4.74 Å². The Morgan fingerprint density at radius 2 is 1.78 bits per heavy atom. The molecule has 2 amide bonds. The number of amides is 2. The van der Waals surface area contributed by atoms with Crippen LogP contribution in [0.15, 0.2) is 42.5 Å². The molecule has 144 valence electrons. The fraction of sp³-hybridized carbons (Fsp3) is 0.364. The zero-order valence-electron chi connectivity index (χ0n) is 16.7. The van der Waals surface area contributed by atoms with Crippen molar-refractivity contribution in [1.29, 1.82) is 0 Å². The van der Waals surface area contributed by atoms with Crippen LogP contribution in [0, 0.1) is 13.8 Å². The molecule has 2 rings (SSSR count). The molecule has 0 bridgehead atoms. The first-order valence-electron chi connectivity index (χ1n) is 9.05. The van der Waals surface area contributed by atoms with Crippen LogP contribution in [0.1, 0.15) is 29.2 Å². The predicted molar refractivity (Wildman–Crippen MR) is 107 cm³/mol. The molecule has 0 fully saturated rings. The van der Waals surface area contributed by atoms with Crippen LogP contribution in [0.5, 0.6) is 5.75 Å². The van der Waals surface area contributed by atoms with Gasteiger partial charge in [0, 0.05) is 13.6 Å². The van der Waals surface area contributed by atoms with Crippen molar-refractivity contribution in [3.63, 3.8) is 0 Å². The number of carbonyl (C=O) groups is 2. The number of ether oxygens (including phenoxy) is 1. The zero-order chi connectivity index (χ0) is 20.0. The summed E-state index contributed by atoms with van der Waals surface area (Å²) in [6.07, 6.45) is 0.269. The molecule has 0 aliphatic heterocycles. The molecule has 1 N–H and O–H groups in total. The smallest absolute Gasteiger partial charge is 0.242 e. The van der Waals surface area contributed by atoms with Crippen LogP contribution in [-0.4, -0.2) is 36.9 Å². The lowest BCUT2D eigenvalue weighted by Crippen LogP contribution is -2.47. The minimum absolute atomic E-state index is 0.0735. The van der Waals surface area contributed by atoms with Gasteiger partial charge in [0.25, 0.3) is 0 Å². The average molecular weight is 368 g/mol. The molecule has 0 spiro atoms. The number of hydrogen-bond acceptors (Lipinski definition) is 3. The zero-order valence-corrected chi connectivity index (χ0v) is 16.7. The van der Waals surface area contributed by atoms with Gasteiger partial charge in [0.1, 0.15) is 11.8 Å². The standard InChI is InChI=1S/C22H28N2O3/c1-15-6-7-16(2)19(12-15)13-21(25)24(17(3)22(26)23-4)14-18-8-10-20(27-5)11-9-18/h6-12,17H,13-14H2,1-5H3,(H,23,26)/t17-/m1/s1. The van der Waals surface area contributed by atoms with Gasteiger partial charge in [-0.3, -0.25) is 9.59 Å².